The first-order valence-electron chi connectivity index (χ1n) is 33.0. The maximum Gasteiger partial charge on any atom is 0.472 e. The molecular weight excluding hydrogens is 1010 g/mol. The van der Waals surface area contributed by atoms with E-state index in [4.69, 9.17) is 18.5 Å². The second-order valence-corrected chi connectivity index (χ2v) is 24.6. The number of hydrogen-bond acceptors (Lipinski definition) is 7. The molecule has 0 aromatic rings. The number of carbonyl (C=O) groups is 2. The zero-order chi connectivity index (χ0) is 58.4. The predicted molar refractivity (Wildman–Crippen MR) is 344 cm³/mol. The lowest BCUT2D eigenvalue weighted by molar-refractivity contribution is -0.870. The Hall–Kier alpha value is -3.07. The predicted octanol–water partition coefficient (Wildman–Crippen LogP) is 21.2. The molecule has 0 aromatic carbocycles. The number of nitrogens with zero attached hydrogens (tertiary/aromatic N) is 1. The standard InChI is InChI=1S/C70H124NO8P/c1-6-8-10-12-14-16-18-20-22-24-26-28-30-32-33-34-35-36-37-39-40-42-44-46-48-50-52-54-56-58-60-62-69(72)76-66-68(67-78-80(74,75)77-65-64-71(3,4)5)79-70(73)63-61-59-57-55-53-51-49-47-45-43-41-38-31-29-27-25-23-21-19-17-15-13-11-9-7-2/h9,11,15,17-18,20-21,23-24,26-27,29-30,32,38,41,68H,6-8,10,12-14,16,19,22,25,28,31,33-37,39-40,42-67H2,1-5H3/p+1/b11-9-,17-15-,20-18-,23-21-,26-24-,29-27-,32-30-,41-38-. The molecule has 0 heterocycles. The number of unbranched alkanes of at least 4 members (excludes halogenated alkanes) is 30. The smallest absolute Gasteiger partial charge is 0.462 e. The van der Waals surface area contributed by atoms with E-state index in [-0.39, 0.29) is 32.0 Å². The normalized spacial score (nSPS) is 13.8. The Kier molecular flexibility index (Phi) is 58.2. The number of rotatable bonds is 60. The van der Waals surface area contributed by atoms with Gasteiger partial charge in [0.25, 0.3) is 0 Å². The number of phosphoric acid groups is 1. The van der Waals surface area contributed by atoms with Gasteiger partial charge in [-0.15, -0.1) is 0 Å². The van der Waals surface area contributed by atoms with Crippen molar-refractivity contribution in [2.24, 2.45) is 0 Å². The zero-order valence-corrected chi connectivity index (χ0v) is 53.4. The first kappa shape index (κ1) is 76.9. The highest BCUT2D eigenvalue weighted by Gasteiger charge is 2.27. The van der Waals surface area contributed by atoms with Crippen molar-refractivity contribution in [1.82, 2.24) is 0 Å². The van der Waals surface area contributed by atoms with Crippen molar-refractivity contribution in [3.8, 4) is 0 Å². The second-order valence-electron chi connectivity index (χ2n) is 23.1. The molecule has 462 valence electrons. The number of ether oxygens (including phenoxy) is 2. The number of likely N-dealkylation sites (N-methyl/N-ethyl adjacent to an activating group) is 1. The summed E-state index contributed by atoms with van der Waals surface area (Å²) in [6.45, 7) is 4.32. The quantitative estimate of drug-likeness (QED) is 0.0211. The average Bonchev–Trinajstić information content (AvgIpc) is 3.42. The summed E-state index contributed by atoms with van der Waals surface area (Å²) in [5, 5.41) is 0. The molecule has 1 N–H and O–H groups in total. The summed E-state index contributed by atoms with van der Waals surface area (Å²) in [6, 6.07) is 0. The summed E-state index contributed by atoms with van der Waals surface area (Å²) in [4.78, 5) is 35.8. The van der Waals surface area contributed by atoms with E-state index in [9.17, 15) is 19.0 Å². The van der Waals surface area contributed by atoms with E-state index in [1.165, 1.54) is 161 Å². The Morgan fingerprint density at radius 2 is 0.713 bits per heavy atom. The topological polar surface area (TPSA) is 108 Å². The summed E-state index contributed by atoms with van der Waals surface area (Å²) in [5.41, 5.74) is 0. The minimum atomic E-state index is -4.40. The van der Waals surface area contributed by atoms with Crippen LogP contribution in [0, 0.1) is 0 Å². The Labute approximate surface area is 493 Å². The maximum atomic E-state index is 12.9. The first-order chi connectivity index (χ1) is 39.0. The van der Waals surface area contributed by atoms with Crippen molar-refractivity contribution in [3.63, 3.8) is 0 Å². The fraction of sp³-hybridized carbons (Fsp3) is 0.743. The van der Waals surface area contributed by atoms with Crippen molar-refractivity contribution in [1.29, 1.82) is 0 Å². The number of allylic oxidation sites excluding steroid dienone is 16. The van der Waals surface area contributed by atoms with Gasteiger partial charge in [0.15, 0.2) is 6.10 Å². The van der Waals surface area contributed by atoms with Crippen LogP contribution in [0.5, 0.6) is 0 Å². The molecule has 0 aliphatic carbocycles. The molecule has 0 amide bonds. The van der Waals surface area contributed by atoms with Gasteiger partial charge in [-0.05, 0) is 96.3 Å². The largest absolute Gasteiger partial charge is 0.472 e. The van der Waals surface area contributed by atoms with Gasteiger partial charge in [0.1, 0.15) is 19.8 Å². The monoisotopic (exact) mass is 1140 g/mol. The molecule has 0 spiro atoms. The van der Waals surface area contributed by atoms with Crippen LogP contribution in [0.3, 0.4) is 0 Å². The van der Waals surface area contributed by atoms with Crippen molar-refractivity contribution >= 4 is 19.8 Å². The molecule has 0 aliphatic rings. The van der Waals surface area contributed by atoms with Gasteiger partial charge < -0.3 is 18.9 Å². The van der Waals surface area contributed by atoms with Gasteiger partial charge in [-0.2, -0.15) is 0 Å². The summed E-state index contributed by atoms with van der Waals surface area (Å²) in [5.74, 6) is -0.801. The molecule has 2 unspecified atom stereocenters. The molecule has 9 nitrogen and oxygen atoms in total. The zero-order valence-electron chi connectivity index (χ0n) is 52.5. The maximum absolute atomic E-state index is 12.9. The Balaban J connectivity index is 4.09. The third kappa shape index (κ3) is 64.1. The van der Waals surface area contributed by atoms with Crippen LogP contribution in [0.15, 0.2) is 97.2 Å². The molecule has 0 saturated heterocycles. The highest BCUT2D eigenvalue weighted by Crippen LogP contribution is 2.43. The lowest BCUT2D eigenvalue weighted by atomic mass is 10.0. The van der Waals surface area contributed by atoms with Crippen molar-refractivity contribution in [2.45, 2.75) is 290 Å². The lowest BCUT2D eigenvalue weighted by Crippen LogP contribution is -2.37. The Morgan fingerprint density at radius 1 is 0.400 bits per heavy atom. The minimum Gasteiger partial charge on any atom is -0.462 e. The van der Waals surface area contributed by atoms with Gasteiger partial charge in [0, 0.05) is 12.8 Å². The molecule has 0 aromatic heterocycles. The molecule has 0 radical (unpaired) electrons. The van der Waals surface area contributed by atoms with Crippen LogP contribution in [0.25, 0.3) is 0 Å². The van der Waals surface area contributed by atoms with E-state index in [1.807, 2.05) is 21.1 Å². The van der Waals surface area contributed by atoms with Gasteiger partial charge in [-0.25, -0.2) is 4.57 Å². The summed E-state index contributed by atoms with van der Waals surface area (Å²) < 4.78 is 34.7. The van der Waals surface area contributed by atoms with E-state index in [1.54, 1.807) is 0 Å². The fourth-order valence-corrected chi connectivity index (χ4v) is 9.79. The van der Waals surface area contributed by atoms with Crippen LogP contribution in [-0.4, -0.2) is 74.9 Å². The lowest BCUT2D eigenvalue weighted by Gasteiger charge is -2.24. The van der Waals surface area contributed by atoms with E-state index >= 15 is 0 Å². The summed E-state index contributed by atoms with van der Waals surface area (Å²) in [7, 11) is 1.47. The number of carbonyl (C=O) groups excluding carboxylic acids is 2. The number of hydrogen-bond donors (Lipinski definition) is 1. The molecular formula is C70H125NO8P+. The van der Waals surface area contributed by atoms with Gasteiger partial charge in [-0.3, -0.25) is 18.6 Å². The summed E-state index contributed by atoms with van der Waals surface area (Å²) >= 11 is 0. The van der Waals surface area contributed by atoms with E-state index in [0.717, 1.165) is 89.9 Å². The average molecular weight is 1140 g/mol. The van der Waals surface area contributed by atoms with Crippen LogP contribution < -0.4 is 0 Å². The minimum absolute atomic E-state index is 0.0269. The van der Waals surface area contributed by atoms with Crippen LogP contribution in [0.4, 0.5) is 0 Å². The second kappa shape index (κ2) is 60.5. The van der Waals surface area contributed by atoms with Crippen LogP contribution in [0.2, 0.25) is 0 Å². The van der Waals surface area contributed by atoms with Crippen LogP contribution >= 0.6 is 7.82 Å². The molecule has 80 heavy (non-hydrogen) atoms. The number of phosphoric ester groups is 1. The first-order valence-corrected chi connectivity index (χ1v) is 34.5. The molecule has 0 bridgehead atoms. The molecule has 0 rings (SSSR count). The fourth-order valence-electron chi connectivity index (χ4n) is 9.05. The number of esters is 2. The van der Waals surface area contributed by atoms with Crippen molar-refractivity contribution in [3.05, 3.63) is 97.2 Å². The van der Waals surface area contributed by atoms with E-state index in [2.05, 4.69) is 111 Å². The molecule has 2 atom stereocenters. The van der Waals surface area contributed by atoms with Crippen molar-refractivity contribution < 1.29 is 42.1 Å². The van der Waals surface area contributed by atoms with E-state index in [0.29, 0.717) is 17.4 Å². The van der Waals surface area contributed by atoms with Gasteiger partial charge in [0.2, 0.25) is 0 Å². The molecule has 0 fully saturated rings. The Bertz CT molecular complexity index is 1670. The summed E-state index contributed by atoms with van der Waals surface area (Å²) in [6.07, 6.45) is 83.5. The highest BCUT2D eigenvalue weighted by molar-refractivity contribution is 7.47. The van der Waals surface area contributed by atoms with Gasteiger partial charge in [0.05, 0.1) is 27.7 Å². The van der Waals surface area contributed by atoms with Crippen LogP contribution in [-0.2, 0) is 32.7 Å². The SMILES string of the molecule is CC/C=C\C/C=C\C/C=C\C/C=C\C/C=C\CCCCCCCCCCCC(=O)OC(COC(=O)CCCCCCCCCCCCCCCCCC/C=C\C/C=C\C/C=C\CCCCCCC)COP(=O)(O)OCC[N+](C)(C)C. The van der Waals surface area contributed by atoms with E-state index < -0.39 is 26.5 Å². The van der Waals surface area contributed by atoms with Gasteiger partial charge in [-0.1, -0.05) is 272 Å². The van der Waals surface area contributed by atoms with Crippen molar-refractivity contribution in [2.75, 3.05) is 47.5 Å². The Morgan fingerprint density at radius 3 is 1.06 bits per heavy atom. The van der Waals surface area contributed by atoms with Gasteiger partial charge >= 0.3 is 19.8 Å². The molecule has 0 aliphatic heterocycles. The van der Waals surface area contributed by atoms with Crippen LogP contribution in [0.1, 0.15) is 284 Å². The molecule has 0 saturated carbocycles. The third-order valence-corrected chi connectivity index (χ3v) is 15.1. The third-order valence-electron chi connectivity index (χ3n) is 14.1. The molecule has 10 heteroatoms. The highest BCUT2D eigenvalue weighted by atomic mass is 31.2. The number of quaternary nitrogens is 1.